The van der Waals surface area contributed by atoms with E-state index >= 15 is 4.39 Å². The molecule has 0 bridgehead atoms. The van der Waals surface area contributed by atoms with E-state index in [-0.39, 0.29) is 12.1 Å². The van der Waals surface area contributed by atoms with Gasteiger partial charge in [-0.2, -0.15) is 13.2 Å². The van der Waals surface area contributed by atoms with Crippen molar-refractivity contribution >= 4 is 17.2 Å². The number of hydrogen-bond acceptors (Lipinski definition) is 2. The van der Waals surface area contributed by atoms with Crippen LogP contribution in [0, 0.1) is 5.82 Å². The molecule has 0 saturated heterocycles. The minimum Gasteiger partial charge on any atom is -0.340 e. The summed E-state index contributed by atoms with van der Waals surface area (Å²) < 4.78 is 54.9. The number of nitrogens with zero attached hydrogens (tertiary/aromatic N) is 1. The lowest BCUT2D eigenvalue weighted by molar-refractivity contribution is -0.170. The number of anilines is 2. The summed E-state index contributed by atoms with van der Waals surface area (Å²) in [4.78, 5) is 13.2. The molecule has 0 heterocycles. The van der Waals surface area contributed by atoms with Gasteiger partial charge < -0.3 is 4.90 Å². The maximum atomic E-state index is 16.1. The highest BCUT2D eigenvalue weighted by molar-refractivity contribution is 5.89. The van der Waals surface area contributed by atoms with Crippen molar-refractivity contribution < 1.29 is 22.4 Å². The summed E-state index contributed by atoms with van der Waals surface area (Å²) in [5.74, 6) is -2.31. The number of carbonyl (C=O) groups excluding carboxylic acids is 1. The molecule has 0 aliphatic rings. The average Bonchev–Trinajstić information content (AvgIpc) is 2.85. The summed E-state index contributed by atoms with van der Waals surface area (Å²) >= 11 is 0. The molecule has 6 heteroatoms. The number of Topliss-reactive ketones (excluding diaryl/α,β-unsaturated/α-hetero) is 1. The molecule has 0 fully saturated rings. The number of ketones is 1. The van der Waals surface area contributed by atoms with Gasteiger partial charge in [0.1, 0.15) is 5.82 Å². The Hall–Kier alpha value is -3.93. The Morgan fingerprint density at radius 1 is 0.706 bits per heavy atom. The summed E-state index contributed by atoms with van der Waals surface area (Å²) in [6, 6.07) is 29.9. The first-order chi connectivity index (χ1) is 16.4. The van der Waals surface area contributed by atoms with E-state index in [9.17, 15) is 18.0 Å². The lowest BCUT2D eigenvalue weighted by atomic mass is 9.95. The third-order valence-corrected chi connectivity index (χ3v) is 5.50. The number of benzene rings is 4. The highest BCUT2D eigenvalue weighted by atomic mass is 19.4. The van der Waals surface area contributed by atoms with Crippen LogP contribution in [0.15, 0.2) is 103 Å². The summed E-state index contributed by atoms with van der Waals surface area (Å²) in [5, 5.41) is 0. The summed E-state index contributed by atoms with van der Waals surface area (Å²) in [6.07, 6.45) is -5.68. The molecule has 0 spiro atoms. The average molecular weight is 463 g/mol. The van der Waals surface area contributed by atoms with E-state index < -0.39 is 24.2 Å². The van der Waals surface area contributed by atoms with Gasteiger partial charge in [0.2, 0.25) is 5.78 Å². The van der Waals surface area contributed by atoms with Crippen LogP contribution in [0.2, 0.25) is 0 Å². The topological polar surface area (TPSA) is 20.3 Å². The highest BCUT2D eigenvalue weighted by Crippen LogP contribution is 2.41. The van der Waals surface area contributed by atoms with Crippen LogP contribution in [0.5, 0.6) is 0 Å². The Kier molecular flexibility index (Phi) is 6.77. The van der Waals surface area contributed by atoms with Gasteiger partial charge in [0.25, 0.3) is 0 Å². The van der Waals surface area contributed by atoms with E-state index in [1.54, 1.807) is 89.8 Å². The Morgan fingerprint density at radius 3 is 1.79 bits per heavy atom. The minimum atomic E-state index is -4.92. The lowest BCUT2D eigenvalue weighted by Crippen LogP contribution is -2.28. The zero-order valence-electron chi connectivity index (χ0n) is 18.1. The van der Waals surface area contributed by atoms with Gasteiger partial charge in [-0.1, -0.05) is 78.9 Å². The third kappa shape index (κ3) is 5.01. The van der Waals surface area contributed by atoms with Crippen LogP contribution in [0.25, 0.3) is 22.3 Å². The van der Waals surface area contributed by atoms with Gasteiger partial charge in [-0.05, 0) is 35.4 Å². The molecule has 4 aromatic rings. The highest BCUT2D eigenvalue weighted by Gasteiger charge is 2.38. The van der Waals surface area contributed by atoms with Crippen LogP contribution in [0.3, 0.4) is 0 Å². The van der Waals surface area contributed by atoms with Gasteiger partial charge in [0.05, 0.1) is 5.69 Å². The first kappa shape index (κ1) is 23.2. The Morgan fingerprint density at radius 2 is 1.24 bits per heavy atom. The number of hydrogen-bond donors (Lipinski definition) is 0. The van der Waals surface area contributed by atoms with E-state index in [2.05, 4.69) is 0 Å². The normalized spacial score (nSPS) is 11.3. The summed E-state index contributed by atoms with van der Waals surface area (Å²) in [7, 11) is 0. The van der Waals surface area contributed by atoms with Gasteiger partial charge in [-0.3, -0.25) is 4.79 Å². The number of halogens is 4. The van der Waals surface area contributed by atoms with Gasteiger partial charge >= 0.3 is 6.18 Å². The summed E-state index contributed by atoms with van der Waals surface area (Å²) in [5.41, 5.74) is 2.83. The Bertz CT molecular complexity index is 1260. The smallest absolute Gasteiger partial charge is 0.340 e. The molecule has 0 N–H and O–H groups in total. The number of alkyl halides is 3. The molecule has 2 nitrogen and oxygen atoms in total. The molecule has 4 aromatic carbocycles. The lowest BCUT2D eigenvalue weighted by Gasteiger charge is -2.28. The van der Waals surface area contributed by atoms with Gasteiger partial charge in [0.15, 0.2) is 0 Å². The van der Waals surface area contributed by atoms with E-state index in [1.165, 1.54) is 0 Å². The van der Waals surface area contributed by atoms with Crippen molar-refractivity contribution in [1.29, 1.82) is 0 Å². The number of carbonyl (C=O) groups is 1. The fourth-order valence-electron chi connectivity index (χ4n) is 3.86. The molecular weight excluding hydrogens is 442 g/mol. The number of para-hydroxylation sites is 1. The van der Waals surface area contributed by atoms with Gasteiger partial charge in [-0.15, -0.1) is 0 Å². The van der Waals surface area contributed by atoms with Crippen LogP contribution in [0.1, 0.15) is 6.42 Å². The largest absolute Gasteiger partial charge is 0.450 e. The summed E-state index contributed by atoms with van der Waals surface area (Å²) in [6.45, 7) is -0.258. The van der Waals surface area contributed by atoms with Gasteiger partial charge in [0, 0.05) is 29.8 Å². The maximum absolute atomic E-state index is 16.1. The van der Waals surface area contributed by atoms with Crippen LogP contribution in [-0.2, 0) is 4.79 Å². The predicted octanol–water partition coefficient (Wildman–Crippen LogP) is 7.82. The Labute approximate surface area is 195 Å². The molecule has 0 aromatic heterocycles. The molecule has 0 atom stereocenters. The van der Waals surface area contributed by atoms with Crippen molar-refractivity contribution in [2.75, 3.05) is 11.4 Å². The Balaban J connectivity index is 1.88. The van der Waals surface area contributed by atoms with Crippen LogP contribution in [0.4, 0.5) is 28.9 Å². The van der Waals surface area contributed by atoms with E-state index in [0.717, 1.165) is 0 Å². The zero-order valence-corrected chi connectivity index (χ0v) is 18.1. The fourth-order valence-corrected chi connectivity index (χ4v) is 3.86. The van der Waals surface area contributed by atoms with Crippen LogP contribution in [-0.4, -0.2) is 18.5 Å². The SMILES string of the molecule is O=C(CCN(c1ccccc1)c1ccc(-c2ccccc2)c(F)c1-c1ccccc1)C(F)(F)F. The molecule has 0 aliphatic heterocycles. The van der Waals surface area contributed by atoms with Crippen LogP contribution < -0.4 is 4.90 Å². The van der Waals surface area contributed by atoms with Crippen LogP contribution >= 0.6 is 0 Å². The first-order valence-corrected chi connectivity index (χ1v) is 10.7. The van der Waals surface area contributed by atoms with E-state index in [1.807, 2.05) is 18.2 Å². The number of rotatable bonds is 7. The monoisotopic (exact) mass is 463 g/mol. The second-order valence-electron chi connectivity index (χ2n) is 7.71. The molecule has 4 rings (SSSR count). The second-order valence-corrected chi connectivity index (χ2v) is 7.71. The van der Waals surface area contributed by atoms with Gasteiger partial charge in [-0.25, -0.2) is 4.39 Å². The van der Waals surface area contributed by atoms with E-state index in [4.69, 9.17) is 0 Å². The maximum Gasteiger partial charge on any atom is 0.450 e. The quantitative estimate of drug-likeness (QED) is 0.261. The van der Waals surface area contributed by atoms with Crippen molar-refractivity contribution in [2.24, 2.45) is 0 Å². The standard InChI is InChI=1S/C28H21F4NO/c29-27-23(20-10-4-1-5-11-20)16-17-24(26(27)21-12-6-2-7-13-21)33(22-14-8-3-9-15-22)19-18-25(34)28(30,31)32/h1-17H,18-19H2. The molecule has 0 saturated carbocycles. The molecule has 34 heavy (non-hydrogen) atoms. The fraction of sp³-hybridized carbons (Fsp3) is 0.107. The zero-order chi connectivity index (χ0) is 24.1. The molecule has 0 radical (unpaired) electrons. The molecule has 172 valence electrons. The molecule has 0 amide bonds. The molecule has 0 aliphatic carbocycles. The molecular formula is C28H21F4NO. The minimum absolute atomic E-state index is 0.255. The van der Waals surface area contributed by atoms with Crippen molar-refractivity contribution in [1.82, 2.24) is 0 Å². The van der Waals surface area contributed by atoms with Crippen molar-refractivity contribution in [2.45, 2.75) is 12.6 Å². The van der Waals surface area contributed by atoms with Crippen molar-refractivity contribution in [3.63, 3.8) is 0 Å². The van der Waals surface area contributed by atoms with E-state index in [0.29, 0.717) is 28.1 Å². The third-order valence-electron chi connectivity index (χ3n) is 5.50. The molecule has 0 unspecified atom stereocenters. The predicted molar refractivity (Wildman–Crippen MR) is 126 cm³/mol. The van der Waals surface area contributed by atoms with Crippen molar-refractivity contribution in [3.8, 4) is 22.3 Å². The van der Waals surface area contributed by atoms with Crippen molar-refractivity contribution in [3.05, 3.63) is 109 Å². The second kappa shape index (κ2) is 9.91. The first-order valence-electron chi connectivity index (χ1n) is 10.7.